The topological polar surface area (TPSA) is 59.8 Å². The summed E-state index contributed by atoms with van der Waals surface area (Å²) >= 11 is 0. The van der Waals surface area contributed by atoms with Gasteiger partial charge in [0, 0.05) is 59.9 Å². The normalized spacial score (nSPS) is 10.8. The molecule has 4 N–H and O–H groups in total. The van der Waals surface area contributed by atoms with E-state index < -0.39 is 0 Å². The van der Waals surface area contributed by atoms with E-state index in [1.807, 2.05) is 48.5 Å². The second-order valence-electron chi connectivity index (χ2n) is 9.33. The SMILES string of the molecule is Nc1ccc(-c2ccc(-[n+]3ccc(-c4cc[n+](-c5ccc(-c6ccc(N)cc6)cc5)cc4)cc3)cc2)cc1. The molecule has 0 aliphatic carbocycles. The van der Waals surface area contributed by atoms with E-state index in [0.717, 1.165) is 33.9 Å². The highest BCUT2D eigenvalue weighted by Gasteiger charge is 2.10. The maximum absolute atomic E-state index is 5.81. The first-order valence-corrected chi connectivity index (χ1v) is 12.6. The molecule has 0 saturated carbocycles. The summed E-state index contributed by atoms with van der Waals surface area (Å²) in [5.41, 5.74) is 22.4. The van der Waals surface area contributed by atoms with Crippen LogP contribution >= 0.6 is 0 Å². The molecule has 0 aliphatic heterocycles. The summed E-state index contributed by atoms with van der Waals surface area (Å²) in [5, 5.41) is 0. The third-order valence-electron chi connectivity index (χ3n) is 6.81. The Morgan fingerprint density at radius 3 is 0.816 bits per heavy atom. The summed E-state index contributed by atoms with van der Waals surface area (Å²) in [6.07, 6.45) is 8.41. The van der Waals surface area contributed by atoms with Crippen LogP contribution in [0.4, 0.5) is 11.4 Å². The highest BCUT2D eigenvalue weighted by atomic mass is 14.9. The number of benzene rings is 4. The predicted molar refractivity (Wildman–Crippen MR) is 155 cm³/mol. The van der Waals surface area contributed by atoms with Crippen LogP contribution in [0.2, 0.25) is 0 Å². The van der Waals surface area contributed by atoms with Crippen molar-refractivity contribution in [2.75, 3.05) is 11.5 Å². The molecule has 0 aliphatic rings. The summed E-state index contributed by atoms with van der Waals surface area (Å²) < 4.78 is 4.25. The van der Waals surface area contributed by atoms with Gasteiger partial charge >= 0.3 is 0 Å². The Labute approximate surface area is 222 Å². The van der Waals surface area contributed by atoms with E-state index in [2.05, 4.69) is 107 Å². The molecular weight excluding hydrogens is 464 g/mol. The van der Waals surface area contributed by atoms with E-state index in [4.69, 9.17) is 11.5 Å². The quantitative estimate of drug-likeness (QED) is 0.216. The minimum Gasteiger partial charge on any atom is -0.399 e. The number of hydrogen-bond acceptors (Lipinski definition) is 2. The first-order valence-electron chi connectivity index (χ1n) is 12.6. The molecule has 4 heteroatoms. The van der Waals surface area contributed by atoms with Crippen LogP contribution in [0.3, 0.4) is 0 Å². The van der Waals surface area contributed by atoms with Crippen molar-refractivity contribution >= 4 is 11.4 Å². The molecule has 0 fully saturated rings. The zero-order valence-corrected chi connectivity index (χ0v) is 20.9. The zero-order chi connectivity index (χ0) is 25.9. The van der Waals surface area contributed by atoms with E-state index in [1.165, 1.54) is 22.3 Å². The third kappa shape index (κ3) is 4.88. The van der Waals surface area contributed by atoms with Gasteiger partial charge in [0.15, 0.2) is 24.8 Å². The molecule has 4 nitrogen and oxygen atoms in total. The van der Waals surface area contributed by atoms with Gasteiger partial charge in [0.2, 0.25) is 11.4 Å². The molecule has 6 aromatic rings. The number of nitrogens with zero attached hydrogens (tertiary/aromatic N) is 2. The highest BCUT2D eigenvalue weighted by Crippen LogP contribution is 2.23. The van der Waals surface area contributed by atoms with Gasteiger partial charge < -0.3 is 11.5 Å². The van der Waals surface area contributed by atoms with Crippen LogP contribution in [0.1, 0.15) is 0 Å². The van der Waals surface area contributed by atoms with Gasteiger partial charge in [0.05, 0.1) is 0 Å². The van der Waals surface area contributed by atoms with Crippen LogP contribution in [0.25, 0.3) is 44.8 Å². The lowest BCUT2D eigenvalue weighted by Gasteiger charge is -2.04. The van der Waals surface area contributed by atoms with Gasteiger partial charge in [-0.15, -0.1) is 0 Å². The van der Waals surface area contributed by atoms with Gasteiger partial charge in [-0.2, -0.15) is 9.13 Å². The molecule has 182 valence electrons. The van der Waals surface area contributed by atoms with Crippen molar-refractivity contribution < 1.29 is 9.13 Å². The zero-order valence-electron chi connectivity index (χ0n) is 20.9. The number of aromatic nitrogens is 2. The van der Waals surface area contributed by atoms with Crippen molar-refractivity contribution in [2.24, 2.45) is 0 Å². The molecule has 0 unspecified atom stereocenters. The molecule has 6 rings (SSSR count). The molecule has 2 heterocycles. The van der Waals surface area contributed by atoms with Gasteiger partial charge in [0.25, 0.3) is 0 Å². The van der Waals surface area contributed by atoms with E-state index >= 15 is 0 Å². The fourth-order valence-corrected chi connectivity index (χ4v) is 4.59. The van der Waals surface area contributed by atoms with Crippen molar-refractivity contribution in [3.63, 3.8) is 0 Å². The lowest BCUT2D eigenvalue weighted by Crippen LogP contribution is -2.29. The van der Waals surface area contributed by atoms with Crippen LogP contribution in [0.5, 0.6) is 0 Å². The maximum atomic E-state index is 5.81. The minimum absolute atomic E-state index is 0.776. The van der Waals surface area contributed by atoms with Crippen molar-refractivity contribution in [3.05, 3.63) is 146 Å². The summed E-state index contributed by atoms with van der Waals surface area (Å²) in [4.78, 5) is 0. The Hall–Kier alpha value is -5.22. The van der Waals surface area contributed by atoms with Crippen molar-refractivity contribution in [3.8, 4) is 44.8 Å². The monoisotopic (exact) mass is 492 g/mol. The number of nitrogen functional groups attached to an aromatic ring is 2. The molecule has 0 amide bonds. The standard InChI is InChI=1S/C34H27N4/c35-31-9-1-25(2-10-31)27-5-13-33(14-6-27)37-21-17-29(18-22-37)30-19-23-38(24-20-30)34-15-7-28(8-16-34)26-3-11-32(36)12-4-26/h1-24,35H,36H2/q+1/p+1. The smallest absolute Gasteiger partial charge is 0.210 e. The molecule has 0 atom stereocenters. The predicted octanol–water partition coefficient (Wildman–Crippen LogP) is 6.41. The Morgan fingerprint density at radius 1 is 0.289 bits per heavy atom. The fraction of sp³-hybridized carbons (Fsp3) is 0. The van der Waals surface area contributed by atoms with Crippen molar-refractivity contribution in [1.82, 2.24) is 0 Å². The van der Waals surface area contributed by atoms with Gasteiger partial charge in [0.1, 0.15) is 0 Å². The number of pyridine rings is 2. The molecular formula is C34H28N4+2. The van der Waals surface area contributed by atoms with E-state index in [-0.39, 0.29) is 0 Å². The fourth-order valence-electron chi connectivity index (χ4n) is 4.59. The molecule has 0 saturated heterocycles. The number of nitrogens with two attached hydrogens (primary N) is 2. The second-order valence-corrected chi connectivity index (χ2v) is 9.33. The Bertz CT molecular complexity index is 1520. The van der Waals surface area contributed by atoms with Crippen LogP contribution < -0.4 is 20.6 Å². The summed E-state index contributed by atoms with van der Waals surface area (Å²) in [6.45, 7) is 0. The van der Waals surface area contributed by atoms with E-state index in [1.54, 1.807) is 0 Å². The largest absolute Gasteiger partial charge is 0.399 e. The van der Waals surface area contributed by atoms with Crippen LogP contribution in [-0.2, 0) is 0 Å². The van der Waals surface area contributed by atoms with Gasteiger partial charge in [-0.3, -0.25) is 0 Å². The Balaban J connectivity index is 1.16. The first kappa shape index (κ1) is 23.2. The molecule has 4 aromatic carbocycles. The first-order chi connectivity index (χ1) is 18.6. The van der Waals surface area contributed by atoms with E-state index in [0.29, 0.717) is 0 Å². The van der Waals surface area contributed by atoms with Crippen LogP contribution in [0, 0.1) is 0 Å². The number of hydrogen-bond donors (Lipinski definition) is 2. The average Bonchev–Trinajstić information content (AvgIpc) is 2.98. The molecule has 2 aromatic heterocycles. The maximum Gasteiger partial charge on any atom is 0.210 e. The minimum atomic E-state index is 0.776. The Kier molecular flexibility index (Phi) is 6.12. The van der Waals surface area contributed by atoms with Crippen molar-refractivity contribution in [2.45, 2.75) is 0 Å². The lowest BCUT2D eigenvalue weighted by atomic mass is 10.0. The second kappa shape index (κ2) is 10.0. The van der Waals surface area contributed by atoms with Crippen LogP contribution in [0.15, 0.2) is 146 Å². The third-order valence-corrected chi connectivity index (χ3v) is 6.81. The molecule has 0 spiro atoms. The summed E-state index contributed by atoms with van der Waals surface area (Å²) in [5.74, 6) is 0. The number of rotatable bonds is 5. The van der Waals surface area contributed by atoms with Gasteiger partial charge in [-0.25, -0.2) is 0 Å². The molecule has 0 radical (unpaired) electrons. The van der Waals surface area contributed by atoms with Crippen molar-refractivity contribution in [1.29, 1.82) is 0 Å². The molecule has 0 bridgehead atoms. The van der Waals surface area contributed by atoms with E-state index in [9.17, 15) is 0 Å². The Morgan fingerprint density at radius 2 is 0.526 bits per heavy atom. The average molecular weight is 493 g/mol. The summed E-state index contributed by atoms with van der Waals surface area (Å²) in [6, 6.07) is 41.6. The number of anilines is 2. The van der Waals surface area contributed by atoms with Gasteiger partial charge in [-0.05, 0) is 81.9 Å². The molecule has 38 heavy (non-hydrogen) atoms. The summed E-state index contributed by atoms with van der Waals surface area (Å²) in [7, 11) is 0. The highest BCUT2D eigenvalue weighted by molar-refractivity contribution is 5.67. The van der Waals surface area contributed by atoms with Gasteiger partial charge in [-0.1, -0.05) is 24.3 Å². The van der Waals surface area contributed by atoms with Crippen LogP contribution in [-0.4, -0.2) is 0 Å². The lowest BCUT2D eigenvalue weighted by molar-refractivity contribution is -0.596.